The molecule has 1 fully saturated rings. The Hall–Kier alpha value is -3.39. The lowest BCUT2D eigenvalue weighted by molar-refractivity contribution is -0.140. The Morgan fingerprint density at radius 3 is 2.38 bits per heavy atom. The summed E-state index contributed by atoms with van der Waals surface area (Å²) in [6.45, 7) is 6.66. The van der Waals surface area contributed by atoms with E-state index in [0.717, 1.165) is 13.1 Å². The van der Waals surface area contributed by atoms with Crippen LogP contribution in [-0.2, 0) is 9.59 Å². The van der Waals surface area contributed by atoms with Crippen molar-refractivity contribution >= 4 is 17.4 Å². The number of hydrogen-bond acceptors (Lipinski definition) is 7. The molecular formula is C24H29N3O5. The standard InChI is InChI=1S/C24H29N3O5/c1-5-26(6-2)13-14-27-21(18-15-17(31-3)7-8-19(18)32-4)20(23(29)24(27)30)22(28)16-9-11-25-12-10-16/h7-12,15,21,28H,5-6,13-14H2,1-4H3/b22-20+/t21-/m0/s1. The Labute approximate surface area is 188 Å². The van der Waals surface area contributed by atoms with Crippen molar-refractivity contribution in [2.24, 2.45) is 0 Å². The number of likely N-dealkylation sites (tertiary alicyclic amines) is 1. The first-order valence-electron chi connectivity index (χ1n) is 10.6. The second-order valence-corrected chi connectivity index (χ2v) is 7.36. The fourth-order valence-corrected chi connectivity index (χ4v) is 3.94. The number of aliphatic hydroxyl groups is 1. The van der Waals surface area contributed by atoms with Crippen LogP contribution in [-0.4, -0.2) is 72.0 Å². The number of carbonyl (C=O) groups excluding carboxylic acids is 2. The van der Waals surface area contributed by atoms with Crippen LogP contribution in [0, 0.1) is 0 Å². The average Bonchev–Trinajstić information content (AvgIpc) is 3.09. The third-order valence-electron chi connectivity index (χ3n) is 5.78. The number of methoxy groups -OCH3 is 2. The van der Waals surface area contributed by atoms with Gasteiger partial charge in [-0.15, -0.1) is 0 Å². The van der Waals surface area contributed by atoms with E-state index < -0.39 is 17.7 Å². The number of benzene rings is 1. The van der Waals surface area contributed by atoms with Crippen molar-refractivity contribution < 1.29 is 24.2 Å². The number of pyridine rings is 1. The highest BCUT2D eigenvalue weighted by Gasteiger charge is 2.47. The van der Waals surface area contributed by atoms with Gasteiger partial charge in [-0.2, -0.15) is 0 Å². The molecule has 1 aliphatic heterocycles. The fourth-order valence-electron chi connectivity index (χ4n) is 3.94. The van der Waals surface area contributed by atoms with Gasteiger partial charge in [-0.1, -0.05) is 13.8 Å². The molecule has 3 rings (SSSR count). The summed E-state index contributed by atoms with van der Waals surface area (Å²) in [5.74, 6) is -0.576. The summed E-state index contributed by atoms with van der Waals surface area (Å²) < 4.78 is 10.9. The van der Waals surface area contributed by atoms with E-state index in [9.17, 15) is 14.7 Å². The molecule has 8 nitrogen and oxygen atoms in total. The molecule has 1 aliphatic rings. The molecule has 1 aromatic heterocycles. The normalized spacial score (nSPS) is 17.8. The van der Waals surface area contributed by atoms with Crippen LogP contribution in [0.4, 0.5) is 0 Å². The van der Waals surface area contributed by atoms with Gasteiger partial charge >= 0.3 is 0 Å². The van der Waals surface area contributed by atoms with Crippen LogP contribution in [0.3, 0.4) is 0 Å². The highest BCUT2D eigenvalue weighted by molar-refractivity contribution is 6.46. The Morgan fingerprint density at radius 1 is 1.09 bits per heavy atom. The Kier molecular flexibility index (Phi) is 7.48. The Bertz CT molecular complexity index is 1000. The number of likely N-dealkylation sites (N-methyl/N-ethyl adjacent to an activating group) is 1. The third kappa shape index (κ3) is 4.45. The molecule has 2 aromatic rings. The molecule has 32 heavy (non-hydrogen) atoms. The lowest BCUT2D eigenvalue weighted by Gasteiger charge is -2.29. The van der Waals surface area contributed by atoms with Crippen LogP contribution in [0.25, 0.3) is 5.76 Å². The van der Waals surface area contributed by atoms with Gasteiger partial charge < -0.3 is 24.4 Å². The van der Waals surface area contributed by atoms with Gasteiger partial charge in [-0.05, 0) is 43.4 Å². The van der Waals surface area contributed by atoms with Crippen molar-refractivity contribution in [2.75, 3.05) is 40.4 Å². The van der Waals surface area contributed by atoms with Gasteiger partial charge in [0.25, 0.3) is 11.7 Å². The first-order chi connectivity index (χ1) is 15.5. The Balaban J connectivity index is 2.18. The van der Waals surface area contributed by atoms with E-state index in [1.165, 1.54) is 24.4 Å². The highest BCUT2D eigenvalue weighted by atomic mass is 16.5. The SMILES string of the molecule is CCN(CC)CCN1C(=O)C(=O)/C(=C(/O)c2ccncc2)[C@@H]1c1cc(OC)ccc1OC. The van der Waals surface area contributed by atoms with E-state index in [1.54, 1.807) is 37.4 Å². The number of rotatable bonds is 9. The van der Waals surface area contributed by atoms with Gasteiger partial charge in [0.15, 0.2) is 0 Å². The number of ether oxygens (including phenoxy) is 2. The summed E-state index contributed by atoms with van der Waals surface area (Å²) in [5, 5.41) is 11.1. The first kappa shape index (κ1) is 23.3. The topological polar surface area (TPSA) is 92.2 Å². The largest absolute Gasteiger partial charge is 0.507 e. The zero-order chi connectivity index (χ0) is 23.3. The molecule has 0 bridgehead atoms. The fraction of sp³-hybridized carbons (Fsp3) is 0.375. The van der Waals surface area contributed by atoms with E-state index in [1.807, 2.05) is 13.8 Å². The molecule has 1 N–H and O–H groups in total. The number of amides is 1. The number of hydrogen-bond donors (Lipinski definition) is 1. The molecule has 1 atom stereocenters. The predicted octanol–water partition coefficient (Wildman–Crippen LogP) is 2.86. The minimum atomic E-state index is -0.816. The number of ketones is 1. The molecule has 8 heteroatoms. The van der Waals surface area contributed by atoms with Crippen LogP contribution >= 0.6 is 0 Å². The molecule has 0 aliphatic carbocycles. The first-order valence-corrected chi connectivity index (χ1v) is 10.6. The van der Waals surface area contributed by atoms with E-state index in [2.05, 4.69) is 9.88 Å². The molecule has 2 heterocycles. The van der Waals surface area contributed by atoms with Crippen LogP contribution in [0.2, 0.25) is 0 Å². The van der Waals surface area contributed by atoms with E-state index in [-0.39, 0.29) is 11.3 Å². The predicted molar refractivity (Wildman–Crippen MR) is 121 cm³/mol. The van der Waals surface area contributed by atoms with E-state index in [4.69, 9.17) is 9.47 Å². The quantitative estimate of drug-likeness (QED) is 0.365. The van der Waals surface area contributed by atoms with Crippen LogP contribution in [0.1, 0.15) is 31.0 Å². The van der Waals surface area contributed by atoms with Crippen LogP contribution in [0.5, 0.6) is 11.5 Å². The average molecular weight is 440 g/mol. The number of Topliss-reactive ketones (excluding diaryl/α,β-unsaturated/α-hetero) is 1. The smallest absolute Gasteiger partial charge is 0.295 e. The van der Waals surface area contributed by atoms with Crippen molar-refractivity contribution in [2.45, 2.75) is 19.9 Å². The van der Waals surface area contributed by atoms with Gasteiger partial charge in [0.05, 0.1) is 25.8 Å². The molecule has 1 aromatic carbocycles. The summed E-state index contributed by atoms with van der Waals surface area (Å²) in [7, 11) is 3.07. The van der Waals surface area contributed by atoms with Gasteiger partial charge in [0.1, 0.15) is 17.3 Å². The van der Waals surface area contributed by atoms with Crippen LogP contribution < -0.4 is 9.47 Å². The summed E-state index contributed by atoms with van der Waals surface area (Å²) in [6.07, 6.45) is 3.04. The lowest BCUT2D eigenvalue weighted by atomic mass is 9.94. The van der Waals surface area contributed by atoms with Crippen molar-refractivity contribution in [3.8, 4) is 11.5 Å². The Morgan fingerprint density at radius 2 is 1.78 bits per heavy atom. The second kappa shape index (κ2) is 10.3. The van der Waals surface area contributed by atoms with E-state index in [0.29, 0.717) is 35.7 Å². The summed E-state index contributed by atoms with van der Waals surface area (Å²) in [4.78, 5) is 33.9. The number of aliphatic hydroxyl groups excluding tert-OH is 1. The lowest BCUT2D eigenvalue weighted by Crippen LogP contribution is -2.38. The number of aromatic nitrogens is 1. The summed E-state index contributed by atoms with van der Waals surface area (Å²) >= 11 is 0. The van der Waals surface area contributed by atoms with Gasteiger partial charge in [0, 0.05) is 36.6 Å². The van der Waals surface area contributed by atoms with Crippen molar-refractivity contribution in [3.05, 3.63) is 59.4 Å². The van der Waals surface area contributed by atoms with Crippen LogP contribution in [0.15, 0.2) is 48.3 Å². The molecule has 1 saturated heterocycles. The number of nitrogens with zero attached hydrogens (tertiary/aromatic N) is 3. The third-order valence-corrected chi connectivity index (χ3v) is 5.78. The summed E-state index contributed by atoms with van der Waals surface area (Å²) in [5.41, 5.74) is 1.00. The zero-order valence-electron chi connectivity index (χ0n) is 18.9. The zero-order valence-corrected chi connectivity index (χ0v) is 18.9. The molecule has 1 amide bonds. The minimum absolute atomic E-state index is 0.0206. The molecular weight excluding hydrogens is 410 g/mol. The van der Waals surface area contributed by atoms with Gasteiger partial charge in [-0.3, -0.25) is 14.6 Å². The maximum atomic E-state index is 13.1. The van der Waals surface area contributed by atoms with Crippen molar-refractivity contribution in [1.82, 2.24) is 14.8 Å². The van der Waals surface area contributed by atoms with Crippen molar-refractivity contribution in [1.29, 1.82) is 0 Å². The molecule has 0 radical (unpaired) electrons. The molecule has 170 valence electrons. The van der Waals surface area contributed by atoms with E-state index >= 15 is 0 Å². The molecule has 0 saturated carbocycles. The highest BCUT2D eigenvalue weighted by Crippen LogP contribution is 2.43. The second-order valence-electron chi connectivity index (χ2n) is 7.36. The van der Waals surface area contributed by atoms with Gasteiger partial charge in [0.2, 0.25) is 0 Å². The summed E-state index contributed by atoms with van der Waals surface area (Å²) in [6, 6.07) is 7.58. The monoisotopic (exact) mass is 439 g/mol. The maximum Gasteiger partial charge on any atom is 0.295 e. The minimum Gasteiger partial charge on any atom is -0.507 e. The van der Waals surface area contributed by atoms with Crippen molar-refractivity contribution in [3.63, 3.8) is 0 Å². The maximum absolute atomic E-state index is 13.1. The number of carbonyl (C=O) groups is 2. The molecule has 0 spiro atoms. The van der Waals surface area contributed by atoms with Gasteiger partial charge in [-0.25, -0.2) is 0 Å². The molecule has 0 unspecified atom stereocenters.